The zero-order valence-corrected chi connectivity index (χ0v) is 8.14. The molecule has 1 atom stereocenters. The Morgan fingerprint density at radius 3 is 2.58 bits per heavy atom. The van der Waals surface area contributed by atoms with Crippen LogP contribution in [0.25, 0.3) is 0 Å². The minimum atomic E-state index is 0.429. The molecule has 3 N–H and O–H groups in total. The van der Waals surface area contributed by atoms with Crippen molar-refractivity contribution < 1.29 is 0 Å². The van der Waals surface area contributed by atoms with E-state index in [9.17, 15) is 0 Å². The van der Waals surface area contributed by atoms with Crippen LogP contribution >= 0.6 is 0 Å². The molecule has 0 saturated carbocycles. The molecule has 0 aliphatic rings. The fourth-order valence-corrected chi connectivity index (χ4v) is 1.29. The molecule has 0 saturated heterocycles. The number of unbranched alkanes of at least 4 members (excludes halogenated alkanes) is 1. The lowest BCUT2D eigenvalue weighted by molar-refractivity contribution is 0.398. The molecule has 0 rings (SSSR count). The topological polar surface area (TPSA) is 38.0 Å². The largest absolute Gasteiger partial charge is 0.271 e. The highest BCUT2D eigenvalue weighted by molar-refractivity contribution is 4.83. The monoisotopic (exact) mass is 168 g/mol. The molecule has 70 valence electrons. The molecule has 0 bridgehead atoms. The Hall–Kier alpha value is -0.520. The first kappa shape index (κ1) is 11.5. The normalized spacial score (nSPS) is 12.9. The van der Waals surface area contributed by atoms with Gasteiger partial charge < -0.3 is 0 Å². The third kappa shape index (κ3) is 6.21. The average molecular weight is 168 g/mol. The number of nitrogens with two attached hydrogens (primary N) is 1. The van der Waals surface area contributed by atoms with Gasteiger partial charge in [-0.25, -0.2) is 0 Å². The van der Waals surface area contributed by atoms with E-state index >= 15 is 0 Å². The maximum atomic E-state index is 5.40. The predicted molar refractivity (Wildman–Crippen MR) is 53.3 cm³/mol. The molecule has 0 aromatic heterocycles. The third-order valence-corrected chi connectivity index (χ3v) is 1.87. The van der Waals surface area contributed by atoms with Crippen molar-refractivity contribution in [1.29, 1.82) is 0 Å². The molecule has 0 fully saturated rings. The molecule has 1 unspecified atom stereocenters. The van der Waals surface area contributed by atoms with Crippen LogP contribution in [0.2, 0.25) is 0 Å². The Bertz CT molecular complexity index is 135. The first-order valence-electron chi connectivity index (χ1n) is 4.60. The lowest BCUT2D eigenvalue weighted by Crippen LogP contribution is -2.36. The molecule has 0 radical (unpaired) electrons. The standard InChI is InChI=1S/C10H20N2/c1-4-5-6-7-10(12-11)8-9(2)3/h1,9-10,12H,5-8,11H2,2-3H3. The van der Waals surface area contributed by atoms with Crippen molar-refractivity contribution in [1.82, 2.24) is 5.43 Å². The van der Waals surface area contributed by atoms with Gasteiger partial charge >= 0.3 is 0 Å². The van der Waals surface area contributed by atoms with Gasteiger partial charge in [0.1, 0.15) is 0 Å². The zero-order chi connectivity index (χ0) is 9.40. The van der Waals surface area contributed by atoms with Crippen LogP contribution in [0.15, 0.2) is 0 Å². The van der Waals surface area contributed by atoms with Gasteiger partial charge in [-0.05, 0) is 25.2 Å². The van der Waals surface area contributed by atoms with E-state index < -0.39 is 0 Å². The SMILES string of the molecule is C#CCCCC(CC(C)C)NN. The average Bonchev–Trinajstić information content (AvgIpc) is 2.02. The van der Waals surface area contributed by atoms with E-state index in [-0.39, 0.29) is 0 Å². The van der Waals surface area contributed by atoms with Gasteiger partial charge in [0, 0.05) is 12.5 Å². The van der Waals surface area contributed by atoms with E-state index in [0.717, 1.165) is 25.7 Å². The third-order valence-electron chi connectivity index (χ3n) is 1.87. The van der Waals surface area contributed by atoms with E-state index in [2.05, 4.69) is 25.2 Å². The summed E-state index contributed by atoms with van der Waals surface area (Å²) in [5.41, 5.74) is 2.82. The molecular formula is C10H20N2. The Morgan fingerprint density at radius 1 is 1.50 bits per heavy atom. The van der Waals surface area contributed by atoms with Crippen molar-refractivity contribution >= 4 is 0 Å². The summed E-state index contributed by atoms with van der Waals surface area (Å²) >= 11 is 0. The van der Waals surface area contributed by atoms with Crippen molar-refractivity contribution in [3.8, 4) is 12.3 Å². The molecule has 2 nitrogen and oxygen atoms in total. The molecule has 2 heteroatoms. The maximum Gasteiger partial charge on any atom is 0.0213 e. The van der Waals surface area contributed by atoms with Crippen LogP contribution in [0, 0.1) is 18.3 Å². The minimum absolute atomic E-state index is 0.429. The second kappa shape index (κ2) is 7.15. The molecule has 0 aliphatic carbocycles. The second-order valence-electron chi connectivity index (χ2n) is 3.59. The van der Waals surface area contributed by atoms with Crippen LogP contribution < -0.4 is 11.3 Å². The first-order valence-corrected chi connectivity index (χ1v) is 4.60. The number of hydrazine groups is 1. The highest BCUT2D eigenvalue weighted by Gasteiger charge is 2.07. The lowest BCUT2D eigenvalue weighted by atomic mass is 10.00. The van der Waals surface area contributed by atoms with Gasteiger partial charge in [-0.2, -0.15) is 0 Å². The molecule has 0 aromatic carbocycles. The predicted octanol–water partition coefficient (Wildman–Crippen LogP) is 1.67. The minimum Gasteiger partial charge on any atom is -0.271 e. The molecule has 0 aromatic rings. The van der Waals surface area contributed by atoms with Crippen molar-refractivity contribution in [2.45, 2.75) is 45.6 Å². The molecule has 0 amide bonds. The number of terminal acetylenes is 1. The highest BCUT2D eigenvalue weighted by atomic mass is 15.2. The molecule has 0 heterocycles. The highest BCUT2D eigenvalue weighted by Crippen LogP contribution is 2.09. The quantitative estimate of drug-likeness (QED) is 0.274. The van der Waals surface area contributed by atoms with Crippen molar-refractivity contribution in [2.24, 2.45) is 11.8 Å². The van der Waals surface area contributed by atoms with Crippen molar-refractivity contribution in [2.75, 3.05) is 0 Å². The van der Waals surface area contributed by atoms with E-state index in [1.165, 1.54) is 0 Å². The van der Waals surface area contributed by atoms with Gasteiger partial charge in [0.15, 0.2) is 0 Å². The van der Waals surface area contributed by atoms with Crippen molar-refractivity contribution in [3.63, 3.8) is 0 Å². The van der Waals surface area contributed by atoms with Crippen LogP contribution in [-0.2, 0) is 0 Å². The number of hydrogen-bond acceptors (Lipinski definition) is 2. The molecule has 12 heavy (non-hydrogen) atoms. The van der Waals surface area contributed by atoms with Gasteiger partial charge in [-0.15, -0.1) is 12.3 Å². The van der Waals surface area contributed by atoms with Crippen LogP contribution in [0.4, 0.5) is 0 Å². The summed E-state index contributed by atoms with van der Waals surface area (Å²) in [6, 6.07) is 0.429. The maximum absolute atomic E-state index is 5.40. The summed E-state index contributed by atoms with van der Waals surface area (Å²) in [6.07, 6.45) is 9.29. The summed E-state index contributed by atoms with van der Waals surface area (Å²) in [4.78, 5) is 0. The summed E-state index contributed by atoms with van der Waals surface area (Å²) in [5.74, 6) is 8.73. The molecular weight excluding hydrogens is 148 g/mol. The molecule has 0 aliphatic heterocycles. The van der Waals surface area contributed by atoms with E-state index in [0.29, 0.717) is 12.0 Å². The van der Waals surface area contributed by atoms with Crippen LogP contribution in [0.1, 0.15) is 39.5 Å². The Kier molecular flexibility index (Phi) is 6.84. The summed E-state index contributed by atoms with van der Waals surface area (Å²) in [5, 5.41) is 0. The number of nitrogens with one attached hydrogen (secondary N) is 1. The number of rotatable bonds is 6. The van der Waals surface area contributed by atoms with Gasteiger partial charge in [0.25, 0.3) is 0 Å². The van der Waals surface area contributed by atoms with Gasteiger partial charge in [0.05, 0.1) is 0 Å². The number of hydrogen-bond donors (Lipinski definition) is 2. The summed E-state index contributed by atoms with van der Waals surface area (Å²) in [6.45, 7) is 4.40. The fraction of sp³-hybridized carbons (Fsp3) is 0.800. The summed E-state index contributed by atoms with van der Waals surface area (Å²) in [7, 11) is 0. The van der Waals surface area contributed by atoms with Crippen LogP contribution in [0.5, 0.6) is 0 Å². The lowest BCUT2D eigenvalue weighted by Gasteiger charge is -2.16. The van der Waals surface area contributed by atoms with E-state index in [4.69, 9.17) is 12.3 Å². The fourth-order valence-electron chi connectivity index (χ4n) is 1.29. The first-order chi connectivity index (χ1) is 5.70. The summed E-state index contributed by atoms with van der Waals surface area (Å²) < 4.78 is 0. The Balaban J connectivity index is 3.47. The second-order valence-corrected chi connectivity index (χ2v) is 3.59. The van der Waals surface area contributed by atoms with Crippen molar-refractivity contribution in [3.05, 3.63) is 0 Å². The smallest absolute Gasteiger partial charge is 0.0213 e. The zero-order valence-electron chi connectivity index (χ0n) is 8.14. The van der Waals surface area contributed by atoms with E-state index in [1.54, 1.807) is 0 Å². The van der Waals surface area contributed by atoms with Gasteiger partial charge in [-0.3, -0.25) is 11.3 Å². The van der Waals surface area contributed by atoms with Crippen LogP contribution in [0.3, 0.4) is 0 Å². The van der Waals surface area contributed by atoms with Gasteiger partial charge in [-0.1, -0.05) is 13.8 Å². The van der Waals surface area contributed by atoms with Gasteiger partial charge in [0.2, 0.25) is 0 Å². The Morgan fingerprint density at radius 2 is 2.17 bits per heavy atom. The van der Waals surface area contributed by atoms with Crippen LogP contribution in [-0.4, -0.2) is 6.04 Å². The van der Waals surface area contributed by atoms with E-state index in [1.807, 2.05) is 0 Å². The molecule has 0 spiro atoms. The Labute approximate surface area is 75.9 Å².